The number of rotatable bonds is 62. The molecule has 0 bridgehead atoms. The number of hydrogen-bond acceptors (Lipinski definition) is 15. The number of hydrogen-bond donors (Lipinski definition) is 3. The first kappa shape index (κ1) is 82.1. The van der Waals surface area contributed by atoms with E-state index in [1.54, 1.807) is 0 Å². The van der Waals surface area contributed by atoms with Crippen LogP contribution in [0.5, 0.6) is 0 Å². The molecule has 0 rings (SSSR count). The lowest BCUT2D eigenvalue weighted by Crippen LogP contribution is -2.30. The van der Waals surface area contributed by atoms with Crippen molar-refractivity contribution in [1.82, 2.24) is 0 Å². The summed E-state index contributed by atoms with van der Waals surface area (Å²) in [5.74, 6) is 0.716. The molecule has 84 heavy (non-hydrogen) atoms. The Morgan fingerprint density at radius 1 is 0.298 bits per heavy atom. The zero-order chi connectivity index (χ0) is 62.5. The number of carbonyl (C=O) groups is 4. The molecule has 0 amide bonds. The average Bonchev–Trinajstić information content (AvgIpc) is 3.57. The van der Waals surface area contributed by atoms with Crippen molar-refractivity contribution in [2.24, 2.45) is 23.7 Å². The van der Waals surface area contributed by atoms with Gasteiger partial charge >= 0.3 is 39.5 Å². The first-order valence-corrected chi connectivity index (χ1v) is 36.7. The van der Waals surface area contributed by atoms with Crippen molar-refractivity contribution in [1.29, 1.82) is 0 Å². The fourth-order valence-electron chi connectivity index (χ4n) is 9.61. The predicted octanol–water partition coefficient (Wildman–Crippen LogP) is 17.8. The fourth-order valence-corrected chi connectivity index (χ4v) is 11.2. The quantitative estimate of drug-likeness (QED) is 0.0222. The molecule has 0 heterocycles. The zero-order valence-electron chi connectivity index (χ0n) is 54.5. The minimum absolute atomic E-state index is 0.102. The lowest BCUT2D eigenvalue weighted by Gasteiger charge is -2.21. The van der Waals surface area contributed by atoms with Crippen molar-refractivity contribution in [3.63, 3.8) is 0 Å². The molecule has 0 radical (unpaired) electrons. The highest BCUT2D eigenvalue weighted by Crippen LogP contribution is 2.45. The molecule has 0 spiro atoms. The van der Waals surface area contributed by atoms with Gasteiger partial charge in [0.25, 0.3) is 0 Å². The second-order valence-corrected chi connectivity index (χ2v) is 28.3. The maximum atomic E-state index is 13.0. The van der Waals surface area contributed by atoms with Crippen LogP contribution in [0.2, 0.25) is 0 Å². The lowest BCUT2D eigenvalue weighted by atomic mass is 10.0. The molecule has 19 heteroatoms. The molecule has 5 atom stereocenters. The van der Waals surface area contributed by atoms with Crippen molar-refractivity contribution in [3.8, 4) is 0 Å². The maximum absolute atomic E-state index is 13.0. The summed E-state index contributed by atoms with van der Waals surface area (Å²) >= 11 is 0. The SMILES string of the molecule is CC(C)CCCCCCCCCCCCCCC(=O)O[C@H](COC(=O)CCCCCCCCC(C)C)COP(=O)(O)OCC(O)COP(=O)(O)OC[C@@H](COC(=O)CCCCCCCCCC(C)C)OC(=O)CCCCCCCCCC(C)C. The van der Waals surface area contributed by atoms with Crippen LogP contribution in [-0.2, 0) is 65.4 Å². The molecule has 17 nitrogen and oxygen atoms in total. The molecule has 0 aromatic rings. The number of ether oxygens (including phenoxy) is 4. The van der Waals surface area contributed by atoms with Gasteiger partial charge < -0.3 is 33.8 Å². The number of unbranched alkanes of at least 4 members (excludes halogenated alkanes) is 28. The van der Waals surface area contributed by atoms with Crippen molar-refractivity contribution < 1.29 is 80.2 Å². The number of aliphatic hydroxyl groups is 1. The molecule has 3 N–H and O–H groups in total. The van der Waals surface area contributed by atoms with Gasteiger partial charge in [-0.2, -0.15) is 0 Å². The minimum atomic E-state index is -4.95. The smallest absolute Gasteiger partial charge is 0.462 e. The summed E-state index contributed by atoms with van der Waals surface area (Å²) in [4.78, 5) is 72.2. The number of aliphatic hydroxyl groups excluding tert-OH is 1. The molecular formula is C65H126O17P2. The number of phosphoric acid groups is 2. The van der Waals surface area contributed by atoms with Gasteiger partial charge in [0.1, 0.15) is 19.3 Å². The van der Waals surface area contributed by atoms with E-state index in [-0.39, 0.29) is 25.7 Å². The van der Waals surface area contributed by atoms with Gasteiger partial charge in [0, 0.05) is 25.7 Å². The van der Waals surface area contributed by atoms with Crippen molar-refractivity contribution in [2.45, 2.75) is 331 Å². The van der Waals surface area contributed by atoms with Gasteiger partial charge in [-0.3, -0.25) is 37.3 Å². The van der Waals surface area contributed by atoms with E-state index in [0.717, 1.165) is 109 Å². The third-order valence-corrected chi connectivity index (χ3v) is 16.7. The number of phosphoric ester groups is 2. The summed E-state index contributed by atoms with van der Waals surface area (Å²) in [7, 11) is -9.89. The normalized spacial score (nSPS) is 14.4. The van der Waals surface area contributed by atoms with E-state index in [1.807, 2.05) is 0 Å². The molecule has 0 aromatic carbocycles. The highest BCUT2D eigenvalue weighted by molar-refractivity contribution is 7.47. The first-order valence-electron chi connectivity index (χ1n) is 33.7. The molecule has 0 aromatic heterocycles. The summed E-state index contributed by atoms with van der Waals surface area (Å²) in [6.45, 7) is 13.9. The third kappa shape index (κ3) is 59.0. The van der Waals surface area contributed by atoms with Crippen LogP contribution in [0.4, 0.5) is 0 Å². The number of carbonyl (C=O) groups excluding carboxylic acids is 4. The Morgan fingerprint density at radius 2 is 0.500 bits per heavy atom. The Hall–Kier alpha value is -1.94. The minimum Gasteiger partial charge on any atom is -0.462 e. The monoisotopic (exact) mass is 1240 g/mol. The van der Waals surface area contributed by atoms with Gasteiger partial charge in [0.05, 0.1) is 26.4 Å². The molecule has 0 aliphatic rings. The Bertz CT molecular complexity index is 1680. The van der Waals surface area contributed by atoms with Crippen LogP contribution in [0.1, 0.15) is 312 Å². The zero-order valence-corrected chi connectivity index (χ0v) is 56.3. The fraction of sp³-hybridized carbons (Fsp3) is 0.938. The summed E-state index contributed by atoms with van der Waals surface area (Å²) in [5, 5.41) is 10.5. The second kappa shape index (κ2) is 55.2. The summed E-state index contributed by atoms with van der Waals surface area (Å²) in [6.07, 6.45) is 35.2. The lowest BCUT2D eigenvalue weighted by molar-refractivity contribution is -0.161. The van der Waals surface area contributed by atoms with Crippen molar-refractivity contribution >= 4 is 39.5 Å². The van der Waals surface area contributed by atoms with Crippen LogP contribution in [0.15, 0.2) is 0 Å². The molecule has 0 fully saturated rings. The second-order valence-electron chi connectivity index (χ2n) is 25.4. The Labute approximate surface area is 511 Å². The van der Waals surface area contributed by atoms with Crippen molar-refractivity contribution in [2.75, 3.05) is 39.6 Å². The van der Waals surface area contributed by atoms with Gasteiger partial charge in [0.2, 0.25) is 0 Å². The van der Waals surface area contributed by atoms with Gasteiger partial charge in [0.15, 0.2) is 12.2 Å². The van der Waals surface area contributed by atoms with Crippen LogP contribution in [-0.4, -0.2) is 96.7 Å². The number of esters is 4. The van der Waals surface area contributed by atoms with Crippen LogP contribution >= 0.6 is 15.6 Å². The van der Waals surface area contributed by atoms with E-state index in [9.17, 15) is 43.2 Å². The average molecular weight is 1240 g/mol. The molecule has 0 aliphatic heterocycles. The molecule has 3 unspecified atom stereocenters. The van der Waals surface area contributed by atoms with E-state index in [4.69, 9.17) is 37.0 Å². The van der Waals surface area contributed by atoms with Crippen molar-refractivity contribution in [3.05, 3.63) is 0 Å². The standard InChI is InChI=1S/C65H126O17P2/c1-55(2)41-33-25-17-13-11-9-10-12-14-20-31-39-47-64(69)81-61(52-76-63(68)46-38-30-24-23-28-36-44-58(7)8)54-80-84(73,74)78-50-59(66)49-77-83(71,72)79-53-60(82-65(70)48-40-32-22-16-19-27-35-43-57(5)6)51-75-62(67)45-37-29-21-15-18-26-34-42-56(3)4/h55-61,66H,9-54H2,1-8H3,(H,71,72)(H,73,74)/t59?,60-,61-/m1/s1. The van der Waals surface area contributed by atoms with Gasteiger partial charge in [-0.05, 0) is 49.4 Å². The van der Waals surface area contributed by atoms with E-state index in [2.05, 4.69) is 55.4 Å². The van der Waals surface area contributed by atoms with Crippen LogP contribution < -0.4 is 0 Å². The van der Waals surface area contributed by atoms with Gasteiger partial charge in [-0.25, -0.2) is 9.13 Å². The van der Waals surface area contributed by atoms with Gasteiger partial charge in [-0.1, -0.05) is 261 Å². The largest absolute Gasteiger partial charge is 0.472 e. The Balaban J connectivity index is 5.23. The van der Waals surface area contributed by atoms with E-state index >= 15 is 0 Å². The highest BCUT2D eigenvalue weighted by atomic mass is 31.2. The molecule has 0 aliphatic carbocycles. The van der Waals surface area contributed by atoms with Gasteiger partial charge in [-0.15, -0.1) is 0 Å². The topological polar surface area (TPSA) is 237 Å². The molecule has 0 saturated heterocycles. The van der Waals surface area contributed by atoms with Crippen LogP contribution in [0.3, 0.4) is 0 Å². The Kier molecular flexibility index (Phi) is 53.9. The highest BCUT2D eigenvalue weighted by Gasteiger charge is 2.30. The van der Waals surface area contributed by atoms with E-state index < -0.39 is 97.5 Å². The molecule has 0 saturated carbocycles. The maximum Gasteiger partial charge on any atom is 0.472 e. The first-order chi connectivity index (χ1) is 40.1. The summed E-state index contributed by atoms with van der Waals surface area (Å²) in [5.41, 5.74) is 0. The Morgan fingerprint density at radius 3 is 0.738 bits per heavy atom. The van der Waals surface area contributed by atoms with Crippen LogP contribution in [0.25, 0.3) is 0 Å². The molecule has 498 valence electrons. The third-order valence-electron chi connectivity index (χ3n) is 14.8. The molecular weight excluding hydrogens is 1110 g/mol. The summed E-state index contributed by atoms with van der Waals surface area (Å²) < 4.78 is 68.0. The van der Waals surface area contributed by atoms with E-state index in [1.165, 1.54) is 103 Å². The predicted molar refractivity (Wildman–Crippen MR) is 335 cm³/mol. The van der Waals surface area contributed by atoms with E-state index in [0.29, 0.717) is 43.4 Å². The van der Waals surface area contributed by atoms with Crippen LogP contribution in [0, 0.1) is 23.7 Å². The summed E-state index contributed by atoms with van der Waals surface area (Å²) in [6, 6.07) is 0.